The van der Waals surface area contributed by atoms with E-state index in [1.165, 1.54) is 6.42 Å². The van der Waals surface area contributed by atoms with Gasteiger partial charge in [0, 0.05) is 4.47 Å². The van der Waals surface area contributed by atoms with Crippen molar-refractivity contribution in [3.05, 3.63) is 34.3 Å². The predicted octanol–water partition coefficient (Wildman–Crippen LogP) is 4.30. The lowest BCUT2D eigenvalue weighted by Gasteiger charge is -2.37. The first-order valence-corrected chi connectivity index (χ1v) is 7.95. The zero-order valence-electron chi connectivity index (χ0n) is 11.5. The second kappa shape index (κ2) is 6.72. The molecule has 3 nitrogen and oxygen atoms in total. The number of carboxylic acids is 1. The maximum absolute atomic E-state index is 11.1. The quantitative estimate of drug-likeness (QED) is 0.840. The molecule has 0 amide bonds. The molecule has 4 heteroatoms. The lowest BCUT2D eigenvalue weighted by molar-refractivity contribution is -0.141. The molecule has 1 aliphatic rings. The second-order valence-electron chi connectivity index (χ2n) is 5.90. The van der Waals surface area contributed by atoms with Crippen LogP contribution in [0.15, 0.2) is 28.7 Å². The van der Waals surface area contributed by atoms with Crippen molar-refractivity contribution in [1.82, 2.24) is 0 Å². The molecule has 0 aromatic heterocycles. The third kappa shape index (κ3) is 4.06. The normalized spacial score (nSPS) is 19.5. The van der Waals surface area contributed by atoms with Crippen LogP contribution in [0.3, 0.4) is 0 Å². The number of aliphatic hydroxyl groups excluding tert-OH is 1. The minimum absolute atomic E-state index is 0.167. The maximum atomic E-state index is 11.1. The van der Waals surface area contributed by atoms with Gasteiger partial charge >= 0.3 is 5.97 Å². The third-order valence-corrected chi connectivity index (χ3v) is 4.85. The first kappa shape index (κ1) is 15.5. The largest absolute Gasteiger partial charge is 0.481 e. The standard InChI is InChI=1S/C16H21BrO3/c17-13-6-4-12(5-7-13)14(18)10-16(11-15(19)20)8-2-1-3-9-16/h4-7,14,18H,1-3,8-11H2,(H,19,20). The van der Waals surface area contributed by atoms with E-state index in [4.69, 9.17) is 5.11 Å². The van der Waals surface area contributed by atoms with Crippen LogP contribution < -0.4 is 0 Å². The Morgan fingerprint density at radius 2 is 1.80 bits per heavy atom. The SMILES string of the molecule is O=C(O)CC1(CC(O)c2ccc(Br)cc2)CCCCC1. The van der Waals surface area contributed by atoms with Gasteiger partial charge in [0.1, 0.15) is 0 Å². The van der Waals surface area contributed by atoms with Gasteiger partial charge in [0.2, 0.25) is 0 Å². The molecule has 1 unspecified atom stereocenters. The number of carbonyl (C=O) groups is 1. The summed E-state index contributed by atoms with van der Waals surface area (Å²) in [5.74, 6) is -0.755. The van der Waals surface area contributed by atoms with E-state index in [0.29, 0.717) is 6.42 Å². The summed E-state index contributed by atoms with van der Waals surface area (Å²) in [5.41, 5.74) is 0.625. The van der Waals surface area contributed by atoms with Crippen LogP contribution >= 0.6 is 15.9 Å². The fraction of sp³-hybridized carbons (Fsp3) is 0.562. The fourth-order valence-electron chi connectivity index (χ4n) is 3.29. The smallest absolute Gasteiger partial charge is 0.303 e. The summed E-state index contributed by atoms with van der Waals surface area (Å²) < 4.78 is 0.978. The minimum Gasteiger partial charge on any atom is -0.481 e. The Hall–Kier alpha value is -0.870. The highest BCUT2D eigenvalue weighted by molar-refractivity contribution is 9.10. The highest BCUT2D eigenvalue weighted by Crippen LogP contribution is 2.45. The lowest BCUT2D eigenvalue weighted by atomic mass is 9.68. The molecule has 0 spiro atoms. The third-order valence-electron chi connectivity index (χ3n) is 4.32. The van der Waals surface area contributed by atoms with Crippen LogP contribution in [0.4, 0.5) is 0 Å². The van der Waals surface area contributed by atoms with Gasteiger partial charge in [-0.3, -0.25) is 4.79 Å². The number of hydrogen-bond donors (Lipinski definition) is 2. The van der Waals surface area contributed by atoms with Crippen LogP contribution in [0.25, 0.3) is 0 Å². The highest BCUT2D eigenvalue weighted by Gasteiger charge is 2.36. The number of carboxylic acid groups (broad SMARTS) is 1. The number of hydrogen-bond acceptors (Lipinski definition) is 2. The number of aliphatic carboxylic acids is 1. The molecule has 2 rings (SSSR count). The Labute approximate surface area is 128 Å². The predicted molar refractivity (Wildman–Crippen MR) is 81.5 cm³/mol. The summed E-state index contributed by atoms with van der Waals surface area (Å²) in [6.45, 7) is 0. The van der Waals surface area contributed by atoms with Crippen molar-refractivity contribution in [2.75, 3.05) is 0 Å². The van der Waals surface area contributed by atoms with Crippen LogP contribution in [0.5, 0.6) is 0 Å². The Balaban J connectivity index is 2.10. The summed E-state index contributed by atoms with van der Waals surface area (Å²) in [4.78, 5) is 11.1. The highest BCUT2D eigenvalue weighted by atomic mass is 79.9. The summed E-state index contributed by atoms with van der Waals surface area (Å²) in [6, 6.07) is 7.60. The van der Waals surface area contributed by atoms with E-state index in [1.54, 1.807) is 0 Å². The van der Waals surface area contributed by atoms with Gasteiger partial charge < -0.3 is 10.2 Å². The first-order valence-electron chi connectivity index (χ1n) is 7.16. The van der Waals surface area contributed by atoms with Crippen molar-refractivity contribution < 1.29 is 15.0 Å². The zero-order valence-corrected chi connectivity index (χ0v) is 13.1. The van der Waals surface area contributed by atoms with E-state index >= 15 is 0 Å². The van der Waals surface area contributed by atoms with E-state index in [-0.39, 0.29) is 11.8 Å². The summed E-state index contributed by atoms with van der Waals surface area (Å²) in [7, 11) is 0. The Kier molecular flexibility index (Phi) is 5.22. The van der Waals surface area contributed by atoms with E-state index in [1.807, 2.05) is 24.3 Å². The van der Waals surface area contributed by atoms with Crippen LogP contribution in [0, 0.1) is 5.41 Å². The van der Waals surface area contributed by atoms with Crippen molar-refractivity contribution in [2.24, 2.45) is 5.41 Å². The van der Waals surface area contributed by atoms with Crippen LogP contribution in [0.2, 0.25) is 0 Å². The van der Waals surface area contributed by atoms with E-state index in [9.17, 15) is 9.90 Å². The zero-order chi connectivity index (χ0) is 14.6. The average molecular weight is 341 g/mol. The molecule has 1 aliphatic carbocycles. The molecular formula is C16H21BrO3. The lowest BCUT2D eigenvalue weighted by Crippen LogP contribution is -2.29. The van der Waals surface area contributed by atoms with Gasteiger partial charge in [0.15, 0.2) is 0 Å². The maximum Gasteiger partial charge on any atom is 0.303 e. The average Bonchev–Trinajstić information content (AvgIpc) is 2.39. The summed E-state index contributed by atoms with van der Waals surface area (Å²) in [5, 5.41) is 19.6. The minimum atomic E-state index is -0.755. The topological polar surface area (TPSA) is 57.5 Å². The number of aliphatic hydroxyl groups is 1. The van der Waals surface area contributed by atoms with Gasteiger partial charge in [-0.1, -0.05) is 47.3 Å². The van der Waals surface area contributed by atoms with Gasteiger partial charge in [-0.2, -0.15) is 0 Å². The molecule has 1 atom stereocenters. The first-order chi connectivity index (χ1) is 9.51. The second-order valence-corrected chi connectivity index (χ2v) is 6.82. The van der Waals surface area contributed by atoms with Crippen molar-refractivity contribution >= 4 is 21.9 Å². The molecule has 0 saturated heterocycles. The monoisotopic (exact) mass is 340 g/mol. The number of rotatable bonds is 5. The summed E-state index contributed by atoms with van der Waals surface area (Å²) >= 11 is 3.38. The Bertz CT molecular complexity index is 449. The van der Waals surface area contributed by atoms with Crippen molar-refractivity contribution in [3.63, 3.8) is 0 Å². The van der Waals surface area contributed by atoms with E-state index in [0.717, 1.165) is 35.7 Å². The van der Waals surface area contributed by atoms with Crippen molar-refractivity contribution in [2.45, 2.75) is 51.0 Å². The van der Waals surface area contributed by atoms with E-state index < -0.39 is 12.1 Å². The molecule has 1 aromatic rings. The molecule has 0 aliphatic heterocycles. The summed E-state index contributed by atoms with van der Waals surface area (Å²) in [6.07, 6.45) is 5.26. The van der Waals surface area contributed by atoms with Crippen LogP contribution in [0.1, 0.15) is 56.6 Å². The molecule has 1 aromatic carbocycles. The number of halogens is 1. The molecule has 0 radical (unpaired) electrons. The molecular weight excluding hydrogens is 320 g/mol. The van der Waals surface area contributed by atoms with Crippen molar-refractivity contribution in [3.8, 4) is 0 Å². The van der Waals surface area contributed by atoms with Gasteiger partial charge in [-0.25, -0.2) is 0 Å². The van der Waals surface area contributed by atoms with Gasteiger partial charge in [-0.05, 0) is 42.4 Å². The molecule has 0 heterocycles. The van der Waals surface area contributed by atoms with Crippen LogP contribution in [-0.2, 0) is 4.79 Å². The molecule has 2 N–H and O–H groups in total. The van der Waals surface area contributed by atoms with Crippen LogP contribution in [-0.4, -0.2) is 16.2 Å². The number of benzene rings is 1. The van der Waals surface area contributed by atoms with E-state index in [2.05, 4.69) is 15.9 Å². The Morgan fingerprint density at radius 1 is 1.20 bits per heavy atom. The van der Waals surface area contributed by atoms with Gasteiger partial charge in [-0.15, -0.1) is 0 Å². The Morgan fingerprint density at radius 3 is 2.35 bits per heavy atom. The fourth-order valence-corrected chi connectivity index (χ4v) is 3.55. The molecule has 0 bridgehead atoms. The van der Waals surface area contributed by atoms with Gasteiger partial charge in [0.05, 0.1) is 12.5 Å². The van der Waals surface area contributed by atoms with Crippen molar-refractivity contribution in [1.29, 1.82) is 0 Å². The van der Waals surface area contributed by atoms with Gasteiger partial charge in [0.25, 0.3) is 0 Å². The molecule has 20 heavy (non-hydrogen) atoms. The molecule has 1 saturated carbocycles. The molecule has 110 valence electrons. The molecule has 1 fully saturated rings.